The highest BCUT2D eigenvalue weighted by Gasteiger charge is 2.53. The van der Waals surface area contributed by atoms with Crippen molar-refractivity contribution < 1.29 is 51.7 Å². The molecule has 2 aromatic carbocycles. The number of hydrogen-bond donors (Lipinski definition) is 1. The molecule has 1 aliphatic rings. The summed E-state index contributed by atoms with van der Waals surface area (Å²) in [5, 5.41) is 1.70. The number of nitrogens with two attached hydrogens (primary N) is 1. The summed E-state index contributed by atoms with van der Waals surface area (Å²) in [6, 6.07) is 10.6. The van der Waals surface area contributed by atoms with Crippen LogP contribution in [-0.2, 0) is 46.9 Å². The van der Waals surface area contributed by atoms with Gasteiger partial charge in [-0.15, -0.1) is 0 Å². The number of nitrogen functional groups attached to an aromatic ring is 1. The van der Waals surface area contributed by atoms with E-state index in [-0.39, 0.29) is 25.8 Å². The van der Waals surface area contributed by atoms with Crippen LogP contribution in [0.15, 0.2) is 36.4 Å². The zero-order valence-corrected chi connectivity index (χ0v) is 24.1. The molecule has 2 aromatic rings. The Morgan fingerprint density at radius 1 is 0.825 bits per heavy atom. The number of fused-ring (bicyclic) bond motifs is 1. The first-order valence-electron chi connectivity index (χ1n) is 13.0. The molecule has 13 heteroatoms. The van der Waals surface area contributed by atoms with Gasteiger partial charge in [-0.05, 0) is 55.3 Å². The molecule has 1 fully saturated rings. The van der Waals surface area contributed by atoms with Crippen LogP contribution >= 0.6 is 7.60 Å². The standard InChI is InChI=1S/C27H36NO11P/c1-6-33-40(32,34-7-2)13-12-23-24(35-16(3)29)25(36-17(4)30)26(37-18(5)31)27(39-23)38-22-11-9-19-14-21(28)10-8-20(19)15-22/h8-11,14-15,23-27H,6-7,12-13,28H2,1-5H3/t23-,24-,25+,26+,27+/m1/s1. The summed E-state index contributed by atoms with van der Waals surface area (Å²) in [6.07, 6.45) is -6.21. The Labute approximate surface area is 232 Å². The smallest absolute Gasteiger partial charge is 0.330 e. The van der Waals surface area contributed by atoms with E-state index in [2.05, 4.69) is 0 Å². The third-order valence-corrected chi connectivity index (χ3v) is 8.03. The summed E-state index contributed by atoms with van der Waals surface area (Å²) >= 11 is 0. The van der Waals surface area contributed by atoms with Gasteiger partial charge >= 0.3 is 25.5 Å². The van der Waals surface area contributed by atoms with Crippen LogP contribution < -0.4 is 10.5 Å². The molecule has 0 radical (unpaired) electrons. The number of benzene rings is 2. The van der Waals surface area contributed by atoms with E-state index >= 15 is 0 Å². The van der Waals surface area contributed by atoms with Crippen LogP contribution in [0.1, 0.15) is 41.0 Å². The molecule has 1 aliphatic heterocycles. The Balaban J connectivity index is 2.00. The largest absolute Gasteiger partial charge is 0.461 e. The van der Waals surface area contributed by atoms with Gasteiger partial charge in [-0.1, -0.05) is 12.1 Å². The molecule has 0 saturated carbocycles. The number of rotatable bonds is 12. The molecule has 2 N–H and O–H groups in total. The van der Waals surface area contributed by atoms with Gasteiger partial charge in [-0.25, -0.2) is 0 Å². The van der Waals surface area contributed by atoms with Crippen LogP contribution in [0.4, 0.5) is 5.69 Å². The lowest BCUT2D eigenvalue weighted by Crippen LogP contribution is -2.62. The predicted octanol–water partition coefficient (Wildman–Crippen LogP) is 3.98. The van der Waals surface area contributed by atoms with Crippen LogP contribution in [0.3, 0.4) is 0 Å². The molecule has 0 aromatic heterocycles. The third kappa shape index (κ3) is 8.41. The van der Waals surface area contributed by atoms with Gasteiger partial charge in [0.15, 0.2) is 12.2 Å². The quantitative estimate of drug-likeness (QED) is 0.167. The molecule has 40 heavy (non-hydrogen) atoms. The van der Waals surface area contributed by atoms with Crippen molar-refractivity contribution in [2.75, 3.05) is 25.1 Å². The van der Waals surface area contributed by atoms with E-state index in [1.807, 2.05) is 12.1 Å². The van der Waals surface area contributed by atoms with E-state index < -0.39 is 56.2 Å². The van der Waals surface area contributed by atoms with Crippen molar-refractivity contribution in [1.29, 1.82) is 0 Å². The highest BCUT2D eigenvalue weighted by Crippen LogP contribution is 2.49. The van der Waals surface area contributed by atoms with E-state index in [9.17, 15) is 18.9 Å². The fourth-order valence-corrected chi connectivity index (χ4v) is 6.17. The van der Waals surface area contributed by atoms with Crippen molar-refractivity contribution in [3.63, 3.8) is 0 Å². The van der Waals surface area contributed by atoms with E-state index in [1.165, 1.54) is 20.8 Å². The van der Waals surface area contributed by atoms with E-state index in [4.69, 9.17) is 38.5 Å². The van der Waals surface area contributed by atoms with E-state index in [0.29, 0.717) is 11.4 Å². The first-order chi connectivity index (χ1) is 18.9. The van der Waals surface area contributed by atoms with Crippen LogP contribution in [0.5, 0.6) is 5.75 Å². The number of carbonyl (C=O) groups excluding carboxylic acids is 3. The average Bonchev–Trinajstić information content (AvgIpc) is 2.86. The second-order valence-corrected chi connectivity index (χ2v) is 11.3. The maximum absolute atomic E-state index is 13.2. The van der Waals surface area contributed by atoms with Gasteiger partial charge < -0.3 is 38.5 Å². The molecule has 1 saturated heterocycles. The normalized spacial score (nSPS) is 22.9. The molecule has 1 heterocycles. The topological polar surface area (TPSA) is 159 Å². The van der Waals surface area contributed by atoms with Gasteiger partial charge in [0.1, 0.15) is 11.9 Å². The number of esters is 3. The summed E-state index contributed by atoms with van der Waals surface area (Å²) in [5.41, 5.74) is 6.48. The fourth-order valence-electron chi connectivity index (χ4n) is 4.48. The van der Waals surface area contributed by atoms with Gasteiger partial charge in [-0.2, -0.15) is 0 Å². The minimum Gasteiger partial charge on any atom is -0.461 e. The van der Waals surface area contributed by atoms with Gasteiger partial charge in [0, 0.05) is 26.5 Å². The number of anilines is 1. The Morgan fingerprint density at radius 3 is 1.98 bits per heavy atom. The van der Waals surface area contributed by atoms with Crippen LogP contribution in [-0.4, -0.2) is 68.0 Å². The number of ether oxygens (including phenoxy) is 5. The van der Waals surface area contributed by atoms with Gasteiger partial charge in [0.2, 0.25) is 12.4 Å². The minimum absolute atomic E-state index is 0.0106. The number of hydrogen-bond acceptors (Lipinski definition) is 12. The second kappa shape index (κ2) is 13.9. The van der Waals surface area contributed by atoms with Gasteiger partial charge in [-0.3, -0.25) is 18.9 Å². The van der Waals surface area contributed by atoms with Crippen LogP contribution in [0, 0.1) is 0 Å². The molecule has 220 valence electrons. The molecule has 12 nitrogen and oxygen atoms in total. The Kier molecular flexibility index (Phi) is 10.9. The van der Waals surface area contributed by atoms with Crippen molar-refractivity contribution in [1.82, 2.24) is 0 Å². The highest BCUT2D eigenvalue weighted by molar-refractivity contribution is 7.53. The number of carbonyl (C=O) groups is 3. The average molecular weight is 582 g/mol. The molecule has 0 aliphatic carbocycles. The van der Waals surface area contributed by atoms with Crippen LogP contribution in [0.25, 0.3) is 10.8 Å². The zero-order valence-electron chi connectivity index (χ0n) is 23.2. The lowest BCUT2D eigenvalue weighted by Gasteiger charge is -2.44. The lowest BCUT2D eigenvalue weighted by atomic mass is 9.96. The van der Waals surface area contributed by atoms with Crippen LogP contribution in [0.2, 0.25) is 0 Å². The molecule has 0 bridgehead atoms. The lowest BCUT2D eigenvalue weighted by molar-refractivity contribution is -0.283. The Bertz CT molecular complexity index is 1240. The molecule has 0 amide bonds. The van der Waals surface area contributed by atoms with Gasteiger partial charge in [0.25, 0.3) is 0 Å². The molecular weight excluding hydrogens is 545 g/mol. The van der Waals surface area contributed by atoms with Gasteiger partial charge in [0.05, 0.1) is 19.4 Å². The molecular formula is C27H36NO11P. The SMILES string of the molecule is CCOP(=O)(CC[C@H]1O[C@H](Oc2ccc3cc(N)ccc3c2)[C@@H](OC(C)=O)[C@@H](OC(C)=O)[C@@H]1OC(C)=O)OCC. The van der Waals surface area contributed by atoms with Crippen molar-refractivity contribution in [2.24, 2.45) is 0 Å². The van der Waals surface area contributed by atoms with Crippen molar-refractivity contribution >= 4 is 42.0 Å². The Morgan fingerprint density at radius 2 is 1.38 bits per heavy atom. The fraction of sp³-hybridized carbons (Fsp3) is 0.519. The predicted molar refractivity (Wildman–Crippen MR) is 145 cm³/mol. The molecule has 3 rings (SSSR count). The molecule has 5 atom stereocenters. The van der Waals surface area contributed by atoms with E-state index in [1.54, 1.807) is 38.1 Å². The minimum atomic E-state index is -3.51. The first kappa shape index (κ1) is 31.3. The third-order valence-electron chi connectivity index (χ3n) is 5.92. The highest BCUT2D eigenvalue weighted by atomic mass is 31.2. The van der Waals surface area contributed by atoms with Crippen molar-refractivity contribution in [2.45, 2.75) is 71.7 Å². The zero-order chi connectivity index (χ0) is 29.4. The summed E-state index contributed by atoms with van der Waals surface area (Å²) in [4.78, 5) is 36.3. The summed E-state index contributed by atoms with van der Waals surface area (Å²) < 4.78 is 52.8. The molecule has 0 spiro atoms. The summed E-state index contributed by atoms with van der Waals surface area (Å²) in [6.45, 7) is 7.21. The Hall–Kier alpha value is -3.18. The maximum Gasteiger partial charge on any atom is 0.330 e. The van der Waals surface area contributed by atoms with Crippen molar-refractivity contribution in [3.8, 4) is 5.75 Å². The van der Waals surface area contributed by atoms with E-state index in [0.717, 1.165) is 10.8 Å². The summed E-state index contributed by atoms with van der Waals surface area (Å²) in [5.74, 6) is -1.75. The monoisotopic (exact) mass is 581 g/mol. The first-order valence-corrected chi connectivity index (χ1v) is 14.7. The second-order valence-electron chi connectivity index (χ2n) is 9.11. The summed E-state index contributed by atoms with van der Waals surface area (Å²) in [7, 11) is -3.51. The molecule has 0 unspecified atom stereocenters. The van der Waals surface area contributed by atoms with Crippen molar-refractivity contribution in [3.05, 3.63) is 36.4 Å². The maximum atomic E-state index is 13.2.